The number of nitrogens with one attached hydrogen (secondary N) is 2. The first-order valence-corrected chi connectivity index (χ1v) is 9.83. The molecular formula is C23H24N2O6. The highest BCUT2D eigenvalue weighted by Crippen LogP contribution is 2.44. The van der Waals surface area contributed by atoms with Crippen LogP contribution in [0.3, 0.4) is 0 Å². The number of amides is 2. The summed E-state index contributed by atoms with van der Waals surface area (Å²) in [7, 11) is 0. The van der Waals surface area contributed by atoms with Crippen molar-refractivity contribution in [3.8, 4) is 11.1 Å². The smallest absolute Gasteiger partial charge is 0.407 e. The molecular weight excluding hydrogens is 400 g/mol. The third kappa shape index (κ3) is 5.29. The fraction of sp³-hybridized carbons (Fsp3) is 0.261. The van der Waals surface area contributed by atoms with Gasteiger partial charge in [-0.1, -0.05) is 54.6 Å². The Balaban J connectivity index is 1.49. The lowest BCUT2D eigenvalue weighted by molar-refractivity contribution is -0.146. The first-order valence-electron chi connectivity index (χ1n) is 9.83. The Bertz CT molecular complexity index is 971. The molecule has 0 heterocycles. The van der Waals surface area contributed by atoms with Crippen molar-refractivity contribution in [3.05, 3.63) is 71.3 Å². The topological polar surface area (TPSA) is 125 Å². The van der Waals surface area contributed by atoms with Gasteiger partial charge in [-0.2, -0.15) is 0 Å². The van der Waals surface area contributed by atoms with Gasteiger partial charge < -0.3 is 25.6 Å². The number of aliphatic hydroxyl groups excluding tert-OH is 1. The fourth-order valence-corrected chi connectivity index (χ4v) is 3.45. The van der Waals surface area contributed by atoms with Crippen molar-refractivity contribution in [1.29, 1.82) is 0 Å². The number of alkyl carbamates (subject to hydrolysis) is 1. The lowest BCUT2D eigenvalue weighted by atomic mass is 9.98. The average molecular weight is 424 g/mol. The van der Waals surface area contributed by atoms with Crippen molar-refractivity contribution >= 4 is 18.0 Å². The number of carboxylic acid groups (broad SMARTS) is 1. The second-order valence-electron chi connectivity index (χ2n) is 7.16. The average Bonchev–Trinajstić information content (AvgIpc) is 3.09. The van der Waals surface area contributed by atoms with Crippen molar-refractivity contribution in [1.82, 2.24) is 10.6 Å². The summed E-state index contributed by atoms with van der Waals surface area (Å²) in [5.41, 5.74) is 4.80. The largest absolute Gasteiger partial charge is 0.479 e. The van der Waals surface area contributed by atoms with Crippen LogP contribution in [0.1, 0.15) is 24.0 Å². The van der Waals surface area contributed by atoms with E-state index < -0.39 is 30.6 Å². The van der Waals surface area contributed by atoms with Crippen LogP contribution in [0.5, 0.6) is 0 Å². The molecule has 3 rings (SSSR count). The SMILES string of the molecule is C/C(=C\CNC(=O)OCC1c2ccccc2-c2ccccc21)C(=O)NCC(O)C(=O)O. The molecule has 2 aromatic rings. The molecule has 162 valence electrons. The predicted octanol–water partition coefficient (Wildman–Crippen LogP) is 2.03. The van der Waals surface area contributed by atoms with E-state index in [2.05, 4.69) is 22.8 Å². The van der Waals surface area contributed by atoms with E-state index in [0.717, 1.165) is 22.3 Å². The van der Waals surface area contributed by atoms with Crippen LogP contribution < -0.4 is 10.6 Å². The maximum atomic E-state index is 12.1. The normalized spacial score (nSPS) is 13.7. The van der Waals surface area contributed by atoms with Gasteiger partial charge in [-0.3, -0.25) is 4.79 Å². The quantitative estimate of drug-likeness (QED) is 0.481. The van der Waals surface area contributed by atoms with Gasteiger partial charge >= 0.3 is 12.1 Å². The van der Waals surface area contributed by atoms with E-state index in [1.165, 1.54) is 13.0 Å². The van der Waals surface area contributed by atoms with E-state index in [9.17, 15) is 19.5 Å². The Hall–Kier alpha value is -3.65. The number of fused-ring (bicyclic) bond motifs is 3. The van der Waals surface area contributed by atoms with Gasteiger partial charge in [-0.05, 0) is 29.2 Å². The van der Waals surface area contributed by atoms with Crippen LogP contribution in [-0.4, -0.2) is 54.0 Å². The molecule has 8 nitrogen and oxygen atoms in total. The van der Waals surface area contributed by atoms with E-state index >= 15 is 0 Å². The van der Waals surface area contributed by atoms with Crippen LogP contribution in [0.4, 0.5) is 4.79 Å². The number of hydrogen-bond acceptors (Lipinski definition) is 5. The fourth-order valence-electron chi connectivity index (χ4n) is 3.45. The Morgan fingerprint density at radius 3 is 2.19 bits per heavy atom. The van der Waals surface area contributed by atoms with Gasteiger partial charge in [0.2, 0.25) is 5.91 Å². The molecule has 2 amide bonds. The van der Waals surface area contributed by atoms with E-state index in [-0.39, 0.29) is 24.6 Å². The number of ether oxygens (including phenoxy) is 1. The second-order valence-corrected chi connectivity index (χ2v) is 7.16. The Morgan fingerprint density at radius 1 is 1.03 bits per heavy atom. The number of carboxylic acids is 1. The number of aliphatic hydroxyl groups is 1. The summed E-state index contributed by atoms with van der Waals surface area (Å²) >= 11 is 0. The van der Waals surface area contributed by atoms with E-state index in [0.29, 0.717) is 0 Å². The summed E-state index contributed by atoms with van der Waals surface area (Å²) in [6.07, 6.45) is -0.799. The first kappa shape index (κ1) is 22.0. The molecule has 1 atom stereocenters. The van der Waals surface area contributed by atoms with Crippen LogP contribution in [0.15, 0.2) is 60.2 Å². The highest BCUT2D eigenvalue weighted by Gasteiger charge is 2.28. The molecule has 1 unspecified atom stereocenters. The molecule has 8 heteroatoms. The maximum absolute atomic E-state index is 12.1. The summed E-state index contributed by atoms with van der Waals surface area (Å²) < 4.78 is 5.41. The molecule has 0 bridgehead atoms. The minimum atomic E-state index is -1.67. The number of rotatable bonds is 8. The van der Waals surface area contributed by atoms with E-state index in [1.54, 1.807) is 0 Å². The van der Waals surface area contributed by atoms with Crippen molar-refractivity contribution < 1.29 is 29.3 Å². The summed E-state index contributed by atoms with van der Waals surface area (Å²) in [5, 5.41) is 22.6. The number of hydrogen-bond donors (Lipinski definition) is 4. The zero-order valence-electron chi connectivity index (χ0n) is 17.0. The van der Waals surface area contributed by atoms with Crippen molar-refractivity contribution in [2.75, 3.05) is 19.7 Å². The highest BCUT2D eigenvalue weighted by molar-refractivity contribution is 5.93. The molecule has 1 aliphatic rings. The zero-order valence-corrected chi connectivity index (χ0v) is 17.0. The minimum Gasteiger partial charge on any atom is -0.479 e. The molecule has 0 saturated heterocycles. The summed E-state index contributed by atoms with van der Waals surface area (Å²) in [5.74, 6) is -1.99. The monoisotopic (exact) mass is 424 g/mol. The lowest BCUT2D eigenvalue weighted by Gasteiger charge is -2.14. The molecule has 0 aliphatic heterocycles. The predicted molar refractivity (Wildman–Crippen MR) is 113 cm³/mol. The Kier molecular flexibility index (Phi) is 7.04. The van der Waals surface area contributed by atoms with Gasteiger partial charge in [0.05, 0.1) is 6.54 Å². The van der Waals surface area contributed by atoms with Gasteiger partial charge in [0.1, 0.15) is 6.61 Å². The Labute approximate surface area is 179 Å². The van der Waals surface area contributed by atoms with Crippen LogP contribution in [0, 0.1) is 0 Å². The summed E-state index contributed by atoms with van der Waals surface area (Å²) in [6, 6.07) is 16.1. The number of benzene rings is 2. The standard InChI is InChI=1S/C23H24N2O6/c1-14(21(27)25-12-20(26)22(28)29)10-11-24-23(30)31-13-19-17-8-4-2-6-15(17)16-7-3-5-9-18(16)19/h2-10,19-20,26H,11-13H2,1H3,(H,24,30)(H,25,27)(H,28,29)/b14-10+. The van der Waals surface area contributed by atoms with Gasteiger partial charge in [0, 0.05) is 18.0 Å². The zero-order chi connectivity index (χ0) is 22.4. The van der Waals surface area contributed by atoms with Gasteiger partial charge in [-0.15, -0.1) is 0 Å². The molecule has 0 spiro atoms. The molecule has 0 saturated carbocycles. The van der Waals surface area contributed by atoms with Gasteiger partial charge in [-0.25, -0.2) is 9.59 Å². The number of aliphatic carboxylic acids is 1. The van der Waals surface area contributed by atoms with Crippen molar-refractivity contribution in [3.63, 3.8) is 0 Å². The molecule has 2 aromatic carbocycles. The van der Waals surface area contributed by atoms with Gasteiger partial charge in [0.25, 0.3) is 0 Å². The van der Waals surface area contributed by atoms with Crippen LogP contribution in [0.2, 0.25) is 0 Å². The number of carbonyl (C=O) groups is 3. The Morgan fingerprint density at radius 2 is 1.61 bits per heavy atom. The first-order chi connectivity index (χ1) is 14.9. The third-order valence-corrected chi connectivity index (χ3v) is 5.10. The highest BCUT2D eigenvalue weighted by atomic mass is 16.5. The molecule has 31 heavy (non-hydrogen) atoms. The van der Waals surface area contributed by atoms with Crippen molar-refractivity contribution in [2.24, 2.45) is 0 Å². The van der Waals surface area contributed by atoms with Crippen LogP contribution in [-0.2, 0) is 14.3 Å². The third-order valence-electron chi connectivity index (χ3n) is 5.10. The van der Waals surface area contributed by atoms with Gasteiger partial charge in [0.15, 0.2) is 6.10 Å². The molecule has 0 radical (unpaired) electrons. The molecule has 0 fully saturated rings. The molecule has 0 aromatic heterocycles. The molecule has 1 aliphatic carbocycles. The summed E-state index contributed by atoms with van der Waals surface area (Å²) in [4.78, 5) is 34.5. The minimum absolute atomic E-state index is 0.0399. The van der Waals surface area contributed by atoms with Crippen LogP contribution >= 0.6 is 0 Å². The second kappa shape index (κ2) is 9.90. The maximum Gasteiger partial charge on any atom is 0.407 e. The van der Waals surface area contributed by atoms with E-state index in [1.807, 2.05) is 36.4 Å². The lowest BCUT2D eigenvalue weighted by Crippen LogP contribution is -2.37. The van der Waals surface area contributed by atoms with Crippen LogP contribution in [0.25, 0.3) is 11.1 Å². The van der Waals surface area contributed by atoms with E-state index in [4.69, 9.17) is 9.84 Å². The molecule has 4 N–H and O–H groups in total. The number of carbonyl (C=O) groups excluding carboxylic acids is 2. The summed E-state index contributed by atoms with van der Waals surface area (Å²) in [6.45, 7) is 1.37. The van der Waals surface area contributed by atoms with Crippen molar-refractivity contribution in [2.45, 2.75) is 18.9 Å².